The minimum atomic E-state index is -3.74. The lowest BCUT2D eigenvalue weighted by Gasteiger charge is -2.25. The lowest BCUT2D eigenvalue weighted by molar-refractivity contribution is 0.296. The number of ether oxygens (including phenoxy) is 2. The van der Waals surface area contributed by atoms with Crippen LogP contribution in [0.15, 0.2) is 47.4 Å². The van der Waals surface area contributed by atoms with Gasteiger partial charge in [0.25, 0.3) is 0 Å². The maximum absolute atomic E-state index is 13.1. The Bertz CT molecular complexity index is 852. The minimum Gasteiger partial charge on any atom is -0.490 e. The molecule has 0 bridgehead atoms. The molecule has 0 saturated heterocycles. The first-order valence-electron chi connectivity index (χ1n) is 8.03. The maximum atomic E-state index is 13.1. The van der Waals surface area contributed by atoms with Gasteiger partial charge in [-0.2, -0.15) is 4.31 Å². The van der Waals surface area contributed by atoms with Crippen LogP contribution in [0, 0.1) is 5.82 Å². The topological polar surface area (TPSA) is 55.8 Å². The lowest BCUT2D eigenvalue weighted by Crippen LogP contribution is -2.29. The van der Waals surface area contributed by atoms with E-state index >= 15 is 0 Å². The average molecular weight is 365 g/mol. The van der Waals surface area contributed by atoms with E-state index in [1.807, 2.05) is 0 Å². The highest BCUT2D eigenvalue weighted by Crippen LogP contribution is 2.34. The summed E-state index contributed by atoms with van der Waals surface area (Å²) in [5.74, 6) is 0.622. The molecule has 0 amide bonds. The zero-order valence-electron chi connectivity index (χ0n) is 14.1. The molecule has 1 unspecified atom stereocenters. The fraction of sp³-hybridized carbons (Fsp3) is 0.333. The van der Waals surface area contributed by atoms with Gasteiger partial charge in [0.15, 0.2) is 11.5 Å². The van der Waals surface area contributed by atoms with E-state index in [1.54, 1.807) is 25.1 Å². The van der Waals surface area contributed by atoms with Crippen LogP contribution in [0.5, 0.6) is 11.5 Å². The van der Waals surface area contributed by atoms with Crippen molar-refractivity contribution in [3.63, 3.8) is 0 Å². The van der Waals surface area contributed by atoms with E-state index in [9.17, 15) is 12.8 Å². The number of fused-ring (bicyclic) bond motifs is 1. The van der Waals surface area contributed by atoms with Crippen LogP contribution in [0.3, 0.4) is 0 Å². The third-order valence-corrected chi connectivity index (χ3v) is 6.22. The molecule has 2 aromatic rings. The van der Waals surface area contributed by atoms with E-state index in [1.165, 1.54) is 35.6 Å². The Labute approximate surface area is 147 Å². The number of nitrogens with zero attached hydrogens (tertiary/aromatic N) is 1. The second-order valence-electron chi connectivity index (χ2n) is 5.91. The molecule has 0 radical (unpaired) electrons. The quantitative estimate of drug-likeness (QED) is 0.834. The highest BCUT2D eigenvalue weighted by molar-refractivity contribution is 7.89. The van der Waals surface area contributed by atoms with Crippen LogP contribution in [-0.2, 0) is 10.0 Å². The van der Waals surface area contributed by atoms with E-state index in [-0.39, 0.29) is 10.7 Å². The molecule has 0 fully saturated rings. The molecule has 1 aliphatic rings. The van der Waals surface area contributed by atoms with E-state index in [2.05, 4.69) is 0 Å². The highest BCUT2D eigenvalue weighted by Gasteiger charge is 2.27. The smallest absolute Gasteiger partial charge is 0.243 e. The molecule has 1 atom stereocenters. The first-order valence-corrected chi connectivity index (χ1v) is 9.47. The summed E-state index contributed by atoms with van der Waals surface area (Å²) < 4.78 is 51.3. The van der Waals surface area contributed by atoms with Gasteiger partial charge in [-0.1, -0.05) is 12.1 Å². The molecule has 0 aliphatic carbocycles. The first kappa shape index (κ1) is 17.7. The standard InChI is InChI=1S/C18H20FNO4S/c1-13(14-4-6-15(19)7-5-14)20(2)25(21,22)16-8-9-17-18(12-16)24-11-3-10-23-17/h4-9,12-13H,3,10-11H2,1-2H3. The van der Waals surface area contributed by atoms with Crippen LogP contribution >= 0.6 is 0 Å². The molecule has 0 saturated carbocycles. The second-order valence-corrected chi connectivity index (χ2v) is 7.91. The van der Waals surface area contributed by atoms with Crippen molar-refractivity contribution >= 4 is 10.0 Å². The van der Waals surface area contributed by atoms with E-state index < -0.39 is 16.1 Å². The summed E-state index contributed by atoms with van der Waals surface area (Å²) in [5, 5.41) is 0. The van der Waals surface area contributed by atoms with Gasteiger partial charge in [-0.3, -0.25) is 0 Å². The molecule has 134 valence electrons. The largest absolute Gasteiger partial charge is 0.490 e. The van der Waals surface area contributed by atoms with Gasteiger partial charge in [0.05, 0.1) is 18.1 Å². The summed E-state index contributed by atoms with van der Waals surface area (Å²) >= 11 is 0. The summed E-state index contributed by atoms with van der Waals surface area (Å²) in [7, 11) is -2.23. The lowest BCUT2D eigenvalue weighted by atomic mass is 10.1. The van der Waals surface area contributed by atoms with Crippen molar-refractivity contribution in [2.75, 3.05) is 20.3 Å². The molecule has 0 aromatic heterocycles. The van der Waals surface area contributed by atoms with Crippen LogP contribution in [0.2, 0.25) is 0 Å². The molecule has 5 nitrogen and oxygen atoms in total. The maximum Gasteiger partial charge on any atom is 0.243 e. The summed E-state index contributed by atoms with van der Waals surface area (Å²) in [6.07, 6.45) is 0.748. The van der Waals surface area contributed by atoms with Crippen molar-refractivity contribution in [1.29, 1.82) is 0 Å². The molecule has 2 aromatic carbocycles. The van der Waals surface area contributed by atoms with Gasteiger partial charge in [0.1, 0.15) is 5.82 Å². The highest BCUT2D eigenvalue weighted by atomic mass is 32.2. The Morgan fingerprint density at radius 1 is 1.04 bits per heavy atom. The molecule has 1 aliphatic heterocycles. The van der Waals surface area contributed by atoms with E-state index in [4.69, 9.17) is 9.47 Å². The van der Waals surface area contributed by atoms with Gasteiger partial charge in [-0.25, -0.2) is 12.8 Å². The second kappa shape index (κ2) is 7.01. The van der Waals surface area contributed by atoms with Gasteiger partial charge in [-0.05, 0) is 36.8 Å². The van der Waals surface area contributed by atoms with Gasteiger partial charge < -0.3 is 9.47 Å². The van der Waals surface area contributed by atoms with Crippen LogP contribution < -0.4 is 9.47 Å². The SMILES string of the molecule is CC(c1ccc(F)cc1)N(C)S(=O)(=O)c1ccc2c(c1)OCCCO2. The molecule has 0 N–H and O–H groups in total. The van der Waals surface area contributed by atoms with Gasteiger partial charge >= 0.3 is 0 Å². The van der Waals surface area contributed by atoms with Crippen molar-refractivity contribution in [2.45, 2.75) is 24.3 Å². The van der Waals surface area contributed by atoms with Crippen molar-refractivity contribution in [2.24, 2.45) is 0 Å². The third kappa shape index (κ3) is 3.62. The van der Waals surface area contributed by atoms with Gasteiger partial charge in [0.2, 0.25) is 10.0 Å². The molecular formula is C18H20FNO4S. The fourth-order valence-corrected chi connectivity index (χ4v) is 4.00. The Morgan fingerprint density at radius 2 is 1.68 bits per heavy atom. The monoisotopic (exact) mass is 365 g/mol. The Morgan fingerprint density at radius 3 is 2.36 bits per heavy atom. The summed E-state index contributed by atoms with van der Waals surface area (Å²) in [4.78, 5) is 0.133. The van der Waals surface area contributed by atoms with Gasteiger partial charge in [0, 0.05) is 25.6 Å². The van der Waals surface area contributed by atoms with Crippen molar-refractivity contribution in [1.82, 2.24) is 4.31 Å². The molecule has 0 spiro atoms. The fourth-order valence-electron chi connectivity index (χ4n) is 2.63. The number of benzene rings is 2. The normalized spacial score (nSPS) is 15.7. The molecule has 7 heteroatoms. The number of rotatable bonds is 4. The molecule has 25 heavy (non-hydrogen) atoms. The zero-order chi connectivity index (χ0) is 18.0. The van der Waals surface area contributed by atoms with Crippen molar-refractivity contribution in [3.8, 4) is 11.5 Å². The Balaban J connectivity index is 1.90. The summed E-state index contributed by atoms with van der Waals surface area (Å²) in [5.41, 5.74) is 0.710. The van der Waals surface area contributed by atoms with E-state index in [0.29, 0.717) is 30.3 Å². The Hall–Kier alpha value is -2.12. The Kier molecular flexibility index (Phi) is 4.96. The predicted octanol–water partition coefficient (Wildman–Crippen LogP) is 3.37. The summed E-state index contributed by atoms with van der Waals surface area (Å²) in [6.45, 7) is 2.78. The minimum absolute atomic E-state index is 0.133. The van der Waals surface area contributed by atoms with Gasteiger partial charge in [-0.15, -0.1) is 0 Å². The number of hydrogen-bond acceptors (Lipinski definition) is 4. The third-order valence-electron chi connectivity index (χ3n) is 4.29. The van der Waals surface area contributed by atoms with Crippen LogP contribution in [-0.4, -0.2) is 33.0 Å². The van der Waals surface area contributed by atoms with Crippen LogP contribution in [0.1, 0.15) is 24.9 Å². The number of sulfonamides is 1. The zero-order valence-corrected chi connectivity index (χ0v) is 14.9. The average Bonchev–Trinajstić information content (AvgIpc) is 2.85. The molecule has 3 rings (SSSR count). The number of hydrogen-bond donors (Lipinski definition) is 0. The number of halogens is 1. The predicted molar refractivity (Wildman–Crippen MR) is 91.8 cm³/mol. The molecule has 1 heterocycles. The van der Waals surface area contributed by atoms with Crippen molar-refractivity contribution in [3.05, 3.63) is 53.8 Å². The van der Waals surface area contributed by atoms with Crippen LogP contribution in [0.4, 0.5) is 4.39 Å². The summed E-state index contributed by atoms with van der Waals surface area (Å²) in [6, 6.07) is 9.98. The molecular weight excluding hydrogens is 345 g/mol. The van der Waals surface area contributed by atoms with E-state index in [0.717, 1.165) is 6.42 Å². The first-order chi connectivity index (χ1) is 11.9. The van der Waals surface area contributed by atoms with Crippen LogP contribution in [0.25, 0.3) is 0 Å². The van der Waals surface area contributed by atoms with Crippen molar-refractivity contribution < 1.29 is 22.3 Å².